The Balaban J connectivity index is 1.77. The van der Waals surface area contributed by atoms with E-state index in [2.05, 4.69) is 98.2 Å². The third kappa shape index (κ3) is 4.23. The van der Waals surface area contributed by atoms with E-state index in [1.165, 1.54) is 22.3 Å². The zero-order chi connectivity index (χ0) is 24.5. The third-order valence-corrected chi connectivity index (χ3v) is 7.60. The quantitative estimate of drug-likeness (QED) is 0.462. The van der Waals surface area contributed by atoms with Crippen LogP contribution in [-0.2, 0) is 11.2 Å². The van der Waals surface area contributed by atoms with Crippen LogP contribution in [0.3, 0.4) is 0 Å². The van der Waals surface area contributed by atoms with E-state index < -0.39 is 11.8 Å². The summed E-state index contributed by atoms with van der Waals surface area (Å²) in [6, 6.07) is 27.8. The van der Waals surface area contributed by atoms with Crippen molar-refractivity contribution < 1.29 is 14.3 Å². The highest BCUT2D eigenvalue weighted by molar-refractivity contribution is 5.77. The number of quaternary nitrogens is 1. The second-order valence-electron chi connectivity index (χ2n) is 10.1. The van der Waals surface area contributed by atoms with Crippen LogP contribution >= 0.6 is 0 Å². The first-order valence-corrected chi connectivity index (χ1v) is 12.7. The van der Waals surface area contributed by atoms with E-state index in [-0.39, 0.29) is 18.8 Å². The number of nitrogens with one attached hydrogen (secondary N) is 1. The predicted octanol–water partition coefficient (Wildman–Crippen LogP) is 5.29. The van der Waals surface area contributed by atoms with Crippen molar-refractivity contribution in [1.29, 1.82) is 0 Å². The molecule has 0 radical (unpaired) electrons. The van der Waals surface area contributed by atoms with Crippen molar-refractivity contribution in [3.8, 4) is 0 Å². The molecule has 35 heavy (non-hydrogen) atoms. The number of aliphatic hydroxyl groups is 1. The van der Waals surface area contributed by atoms with Crippen molar-refractivity contribution in [3.05, 3.63) is 101 Å². The van der Waals surface area contributed by atoms with Crippen molar-refractivity contribution >= 4 is 11.9 Å². The first-order valence-electron chi connectivity index (χ1n) is 12.7. The Labute approximate surface area is 208 Å². The van der Waals surface area contributed by atoms with Crippen molar-refractivity contribution in [2.75, 3.05) is 20.2 Å². The second-order valence-corrected chi connectivity index (χ2v) is 10.1. The van der Waals surface area contributed by atoms with E-state index in [4.69, 9.17) is 9.73 Å². The number of rotatable bonds is 7. The van der Waals surface area contributed by atoms with Gasteiger partial charge < -0.3 is 9.84 Å². The Bertz CT molecular complexity index is 1180. The monoisotopic (exact) mass is 470 g/mol. The summed E-state index contributed by atoms with van der Waals surface area (Å²) >= 11 is 0. The van der Waals surface area contributed by atoms with Gasteiger partial charge in [0.2, 0.25) is 5.72 Å². The molecule has 0 saturated heterocycles. The fourth-order valence-corrected chi connectivity index (χ4v) is 5.85. The minimum Gasteiger partial charge on any atom is -0.391 e. The van der Waals surface area contributed by atoms with Crippen LogP contribution in [-0.4, -0.2) is 47.8 Å². The molecule has 2 bridgehead atoms. The highest BCUT2D eigenvalue weighted by Gasteiger charge is 2.56. The zero-order valence-corrected chi connectivity index (χ0v) is 20.9. The Morgan fingerprint density at radius 1 is 1.03 bits per heavy atom. The predicted molar refractivity (Wildman–Crippen MR) is 141 cm³/mol. The maximum Gasteiger partial charge on any atom is 0.246 e. The normalized spacial score (nSPS) is 28.2. The average Bonchev–Trinajstić information content (AvgIpc) is 2.88. The number of benzene rings is 3. The Morgan fingerprint density at radius 3 is 2.37 bits per heavy atom. The molecule has 0 aliphatic carbocycles. The minimum absolute atomic E-state index is 0.00808. The van der Waals surface area contributed by atoms with Gasteiger partial charge in [-0.2, -0.15) is 0 Å². The fourth-order valence-electron chi connectivity index (χ4n) is 5.85. The molecule has 2 aliphatic rings. The van der Waals surface area contributed by atoms with E-state index in [9.17, 15) is 5.11 Å². The number of hydrogen-bond donors (Lipinski definition) is 2. The van der Waals surface area contributed by atoms with E-state index >= 15 is 0 Å². The lowest BCUT2D eigenvalue weighted by Gasteiger charge is -2.55. The molecule has 5 heteroatoms. The van der Waals surface area contributed by atoms with Gasteiger partial charge in [-0.3, -0.25) is 14.8 Å². The van der Waals surface area contributed by atoms with Crippen LogP contribution in [0.4, 0.5) is 5.69 Å². The molecular formula is C30H36N3O2+. The van der Waals surface area contributed by atoms with Gasteiger partial charge in [-0.05, 0) is 36.1 Å². The number of hydrogen-bond acceptors (Lipinski definition) is 4. The second kappa shape index (κ2) is 9.67. The van der Waals surface area contributed by atoms with Crippen LogP contribution in [0.5, 0.6) is 0 Å². The Kier molecular flexibility index (Phi) is 6.60. The molecule has 5 rings (SSSR count). The summed E-state index contributed by atoms with van der Waals surface area (Å²) in [5.74, 6) is 0. The van der Waals surface area contributed by atoms with E-state index in [0.29, 0.717) is 10.9 Å². The SMILES string of the molecule is CCC[N+]1(C)C(c2ccccc2)NC(c2ccccc2)c2cccc3c2CC1(OCC(C)O)C=N3. The summed E-state index contributed by atoms with van der Waals surface area (Å²) in [7, 11) is 2.28. The van der Waals surface area contributed by atoms with Gasteiger partial charge >= 0.3 is 0 Å². The van der Waals surface area contributed by atoms with Crippen molar-refractivity contribution in [2.45, 2.75) is 50.7 Å². The van der Waals surface area contributed by atoms with Crippen LogP contribution in [0.2, 0.25) is 0 Å². The number of nitrogens with zero attached hydrogens (tertiary/aromatic N) is 2. The fraction of sp³-hybridized carbons (Fsp3) is 0.367. The standard InChI is InChI=1S/C30H36N3O2/c1-4-18-33(3)29(24-14-9-6-10-15-24)32-28(23-12-7-5-8-13-23)25-16-11-17-27-26(25)19-30(33,21-31-27)35-20-22(2)34/h5-17,21-22,28-29,32,34H,4,18-20H2,1-3H3/q+1. The lowest BCUT2D eigenvalue weighted by atomic mass is 9.83. The molecule has 2 heterocycles. The molecule has 5 unspecified atom stereocenters. The Morgan fingerprint density at radius 2 is 1.71 bits per heavy atom. The molecule has 3 aromatic rings. The Hall–Kier alpha value is -2.83. The molecule has 0 saturated carbocycles. The maximum atomic E-state index is 10.2. The summed E-state index contributed by atoms with van der Waals surface area (Å²) in [5, 5.41) is 14.3. The van der Waals surface area contributed by atoms with Gasteiger partial charge in [0.25, 0.3) is 0 Å². The molecule has 2 aliphatic heterocycles. The largest absolute Gasteiger partial charge is 0.391 e. The molecule has 5 nitrogen and oxygen atoms in total. The summed E-state index contributed by atoms with van der Waals surface area (Å²) in [5.41, 5.74) is 5.18. The van der Waals surface area contributed by atoms with Gasteiger partial charge in [0.15, 0.2) is 6.17 Å². The molecule has 3 aromatic carbocycles. The van der Waals surface area contributed by atoms with E-state index in [1.807, 2.05) is 6.21 Å². The molecular weight excluding hydrogens is 434 g/mol. The third-order valence-electron chi connectivity index (χ3n) is 7.60. The van der Waals surface area contributed by atoms with Crippen LogP contribution in [0, 0.1) is 0 Å². The topological polar surface area (TPSA) is 53.8 Å². The first kappa shape index (κ1) is 23.9. The molecule has 0 aromatic heterocycles. The van der Waals surface area contributed by atoms with Crippen LogP contribution in [0.25, 0.3) is 0 Å². The molecule has 2 N–H and O–H groups in total. The van der Waals surface area contributed by atoms with Crippen molar-refractivity contribution in [3.63, 3.8) is 0 Å². The molecule has 0 spiro atoms. The molecule has 5 atom stereocenters. The van der Waals surface area contributed by atoms with Gasteiger partial charge in [0, 0.05) is 5.56 Å². The summed E-state index contributed by atoms with van der Waals surface area (Å²) < 4.78 is 7.30. The van der Waals surface area contributed by atoms with Crippen LogP contribution < -0.4 is 5.32 Å². The van der Waals surface area contributed by atoms with Gasteiger partial charge in [-0.1, -0.05) is 79.7 Å². The molecule has 182 valence electrons. The highest BCUT2D eigenvalue weighted by atomic mass is 16.5. The van der Waals surface area contributed by atoms with Crippen LogP contribution in [0.1, 0.15) is 54.7 Å². The van der Waals surface area contributed by atoms with Gasteiger partial charge in [-0.25, -0.2) is 0 Å². The number of likely N-dealkylation sites (N-methyl/N-ethyl adjacent to an activating group) is 1. The maximum absolute atomic E-state index is 10.2. The minimum atomic E-state index is -0.717. The van der Waals surface area contributed by atoms with E-state index in [0.717, 1.165) is 18.7 Å². The zero-order valence-electron chi connectivity index (χ0n) is 20.9. The number of aliphatic hydroxyl groups excluding tert-OH is 1. The smallest absolute Gasteiger partial charge is 0.246 e. The number of fused-ring (bicyclic) bond motifs is 1. The van der Waals surface area contributed by atoms with Crippen molar-refractivity contribution in [2.24, 2.45) is 4.99 Å². The lowest BCUT2D eigenvalue weighted by Crippen LogP contribution is -2.71. The van der Waals surface area contributed by atoms with Crippen molar-refractivity contribution in [1.82, 2.24) is 5.32 Å². The van der Waals surface area contributed by atoms with Gasteiger partial charge in [-0.15, -0.1) is 0 Å². The van der Waals surface area contributed by atoms with Gasteiger partial charge in [0.05, 0.1) is 50.7 Å². The summed E-state index contributed by atoms with van der Waals surface area (Å²) in [6.07, 6.45) is 3.09. The molecule has 0 amide bonds. The average molecular weight is 471 g/mol. The molecule has 0 fully saturated rings. The lowest BCUT2D eigenvalue weighted by molar-refractivity contribution is -1.00. The summed E-state index contributed by atoms with van der Waals surface area (Å²) in [4.78, 5) is 5.00. The van der Waals surface area contributed by atoms with Gasteiger partial charge in [0.1, 0.15) is 0 Å². The van der Waals surface area contributed by atoms with E-state index in [1.54, 1.807) is 6.92 Å². The first-order chi connectivity index (χ1) is 17.0. The summed E-state index contributed by atoms with van der Waals surface area (Å²) in [6.45, 7) is 5.14. The number of ether oxygens (including phenoxy) is 1. The van der Waals surface area contributed by atoms with Crippen LogP contribution in [0.15, 0.2) is 83.9 Å². The highest BCUT2D eigenvalue weighted by Crippen LogP contribution is 2.47. The number of aliphatic imine (C=N–C) groups is 1.